The van der Waals surface area contributed by atoms with Gasteiger partial charge in [0.25, 0.3) is 0 Å². The van der Waals surface area contributed by atoms with Crippen LogP contribution in [0.4, 0.5) is 5.69 Å². The number of carbonyl (C=O) groups excluding carboxylic acids is 1. The topological polar surface area (TPSA) is 64.3 Å². The summed E-state index contributed by atoms with van der Waals surface area (Å²) < 4.78 is 5.22. The zero-order valence-corrected chi connectivity index (χ0v) is 11.1. The number of rotatable bonds is 2. The number of nitrogens with one attached hydrogen (secondary N) is 1. The fourth-order valence-electron chi connectivity index (χ4n) is 2.43. The van der Waals surface area contributed by atoms with Crippen LogP contribution in [0.25, 0.3) is 0 Å². The van der Waals surface area contributed by atoms with E-state index in [1.165, 1.54) is 5.56 Å². The number of amides is 1. The van der Waals surface area contributed by atoms with Gasteiger partial charge in [0.15, 0.2) is 0 Å². The first kappa shape index (κ1) is 13.1. The molecular formula is C14H20N2O2. The largest absolute Gasteiger partial charge is 0.379 e. The molecular weight excluding hydrogens is 228 g/mol. The van der Waals surface area contributed by atoms with Crippen LogP contribution >= 0.6 is 0 Å². The van der Waals surface area contributed by atoms with Crippen LogP contribution in [0.1, 0.15) is 16.7 Å². The van der Waals surface area contributed by atoms with E-state index in [0.717, 1.165) is 16.8 Å². The standard InChI is InChI=1S/C14H20N2O2/c1-8-4-9(2)13(10(3)5-8)16-14(17)11-6-18-7-12(11)15/h4-5,11-12H,6-7,15H2,1-3H3,(H,16,17). The lowest BCUT2D eigenvalue weighted by Crippen LogP contribution is -2.37. The van der Waals surface area contributed by atoms with Crippen LogP contribution in [0.15, 0.2) is 12.1 Å². The summed E-state index contributed by atoms with van der Waals surface area (Å²) in [4.78, 5) is 12.1. The third kappa shape index (κ3) is 2.54. The first-order chi connectivity index (χ1) is 8.49. The van der Waals surface area contributed by atoms with Gasteiger partial charge in [-0.3, -0.25) is 4.79 Å². The van der Waals surface area contributed by atoms with Crippen molar-refractivity contribution in [2.45, 2.75) is 26.8 Å². The Morgan fingerprint density at radius 2 is 1.89 bits per heavy atom. The lowest BCUT2D eigenvalue weighted by Gasteiger charge is -2.17. The lowest BCUT2D eigenvalue weighted by atomic mass is 10.0. The second-order valence-corrected chi connectivity index (χ2v) is 5.07. The predicted octanol–water partition coefficient (Wildman–Crippen LogP) is 1.52. The molecule has 0 spiro atoms. The van der Waals surface area contributed by atoms with Gasteiger partial charge < -0.3 is 15.8 Å². The van der Waals surface area contributed by atoms with Crippen LogP contribution in [0.2, 0.25) is 0 Å². The van der Waals surface area contributed by atoms with Crippen molar-refractivity contribution < 1.29 is 9.53 Å². The maximum absolute atomic E-state index is 12.1. The summed E-state index contributed by atoms with van der Waals surface area (Å²) in [5, 5.41) is 2.98. The number of aryl methyl sites for hydroxylation is 3. The van der Waals surface area contributed by atoms with E-state index in [1.54, 1.807) is 0 Å². The summed E-state index contributed by atoms with van der Waals surface area (Å²) in [6.45, 7) is 6.93. The minimum absolute atomic E-state index is 0.0462. The summed E-state index contributed by atoms with van der Waals surface area (Å²) in [6, 6.07) is 3.93. The maximum Gasteiger partial charge on any atom is 0.231 e. The van der Waals surface area contributed by atoms with Crippen LogP contribution in [0.3, 0.4) is 0 Å². The molecule has 2 atom stereocenters. The average Bonchev–Trinajstić information content (AvgIpc) is 2.69. The van der Waals surface area contributed by atoms with Crippen LogP contribution in [0, 0.1) is 26.7 Å². The number of hydrogen-bond donors (Lipinski definition) is 2. The molecule has 4 nitrogen and oxygen atoms in total. The molecule has 1 aliphatic rings. The molecule has 1 amide bonds. The molecule has 18 heavy (non-hydrogen) atoms. The lowest BCUT2D eigenvalue weighted by molar-refractivity contribution is -0.120. The molecule has 1 aliphatic heterocycles. The van der Waals surface area contributed by atoms with E-state index >= 15 is 0 Å². The Balaban J connectivity index is 2.17. The third-order valence-corrected chi connectivity index (χ3v) is 3.39. The Kier molecular flexibility index (Phi) is 3.68. The molecule has 2 rings (SSSR count). The Morgan fingerprint density at radius 1 is 1.28 bits per heavy atom. The van der Waals surface area contributed by atoms with Crippen molar-refractivity contribution in [1.82, 2.24) is 0 Å². The molecule has 1 heterocycles. The number of carbonyl (C=O) groups is 1. The van der Waals surface area contributed by atoms with Crippen molar-refractivity contribution in [3.8, 4) is 0 Å². The minimum Gasteiger partial charge on any atom is -0.379 e. The molecule has 1 aromatic rings. The summed E-state index contributed by atoms with van der Waals surface area (Å²) in [5.41, 5.74) is 10.1. The van der Waals surface area contributed by atoms with E-state index in [2.05, 4.69) is 17.4 Å². The molecule has 0 aromatic heterocycles. The molecule has 0 radical (unpaired) electrons. The van der Waals surface area contributed by atoms with E-state index in [-0.39, 0.29) is 17.9 Å². The van der Waals surface area contributed by atoms with Crippen molar-refractivity contribution in [2.24, 2.45) is 11.7 Å². The fraction of sp³-hybridized carbons (Fsp3) is 0.500. The normalized spacial score (nSPS) is 23.1. The van der Waals surface area contributed by atoms with Gasteiger partial charge in [-0.05, 0) is 31.9 Å². The number of anilines is 1. The monoisotopic (exact) mass is 248 g/mol. The Morgan fingerprint density at radius 3 is 2.39 bits per heavy atom. The van der Waals surface area contributed by atoms with Gasteiger partial charge in [0, 0.05) is 11.7 Å². The maximum atomic E-state index is 12.1. The molecule has 1 fully saturated rings. The van der Waals surface area contributed by atoms with Gasteiger partial charge in [0.1, 0.15) is 0 Å². The average molecular weight is 248 g/mol. The second-order valence-electron chi connectivity index (χ2n) is 5.07. The van der Waals surface area contributed by atoms with E-state index < -0.39 is 0 Å². The smallest absolute Gasteiger partial charge is 0.231 e. The zero-order valence-electron chi connectivity index (χ0n) is 11.1. The van der Waals surface area contributed by atoms with Gasteiger partial charge in [0.05, 0.1) is 19.1 Å². The molecule has 3 N–H and O–H groups in total. The van der Waals surface area contributed by atoms with Gasteiger partial charge in [-0.25, -0.2) is 0 Å². The van der Waals surface area contributed by atoms with Crippen LogP contribution in [-0.2, 0) is 9.53 Å². The van der Waals surface area contributed by atoms with Gasteiger partial charge in [0.2, 0.25) is 5.91 Å². The molecule has 4 heteroatoms. The van der Waals surface area contributed by atoms with E-state index in [0.29, 0.717) is 13.2 Å². The quantitative estimate of drug-likeness (QED) is 0.834. The molecule has 1 aromatic carbocycles. The van der Waals surface area contributed by atoms with Gasteiger partial charge in [-0.15, -0.1) is 0 Å². The van der Waals surface area contributed by atoms with Crippen molar-refractivity contribution >= 4 is 11.6 Å². The predicted molar refractivity (Wildman–Crippen MR) is 71.6 cm³/mol. The fourth-order valence-corrected chi connectivity index (χ4v) is 2.43. The van der Waals surface area contributed by atoms with Gasteiger partial charge >= 0.3 is 0 Å². The summed E-state index contributed by atoms with van der Waals surface area (Å²) in [7, 11) is 0. The second kappa shape index (κ2) is 5.08. The first-order valence-electron chi connectivity index (χ1n) is 6.21. The molecule has 0 saturated carbocycles. The highest BCUT2D eigenvalue weighted by molar-refractivity contribution is 5.94. The first-order valence-corrected chi connectivity index (χ1v) is 6.21. The van der Waals surface area contributed by atoms with E-state index in [1.807, 2.05) is 20.8 Å². The summed E-state index contributed by atoms with van der Waals surface area (Å²) in [6.07, 6.45) is 0. The van der Waals surface area contributed by atoms with E-state index in [9.17, 15) is 4.79 Å². The highest BCUT2D eigenvalue weighted by Gasteiger charge is 2.31. The Labute approximate surface area is 108 Å². The zero-order chi connectivity index (χ0) is 13.3. The molecule has 98 valence electrons. The number of hydrogen-bond acceptors (Lipinski definition) is 3. The van der Waals surface area contributed by atoms with Crippen molar-refractivity contribution in [1.29, 1.82) is 0 Å². The molecule has 2 unspecified atom stereocenters. The van der Waals surface area contributed by atoms with Crippen LogP contribution in [-0.4, -0.2) is 25.2 Å². The molecule has 0 aliphatic carbocycles. The number of ether oxygens (including phenoxy) is 1. The number of benzene rings is 1. The third-order valence-electron chi connectivity index (χ3n) is 3.39. The van der Waals surface area contributed by atoms with Crippen molar-refractivity contribution in [3.63, 3.8) is 0 Å². The summed E-state index contributed by atoms with van der Waals surface area (Å²) >= 11 is 0. The molecule has 1 saturated heterocycles. The minimum atomic E-state index is -0.245. The Hall–Kier alpha value is -1.39. The van der Waals surface area contributed by atoms with E-state index in [4.69, 9.17) is 10.5 Å². The Bertz CT molecular complexity index is 448. The SMILES string of the molecule is Cc1cc(C)c(NC(=O)C2COCC2N)c(C)c1. The number of nitrogens with two attached hydrogens (primary N) is 1. The van der Waals surface area contributed by atoms with Crippen LogP contribution < -0.4 is 11.1 Å². The highest BCUT2D eigenvalue weighted by atomic mass is 16.5. The van der Waals surface area contributed by atoms with Crippen molar-refractivity contribution in [3.05, 3.63) is 28.8 Å². The van der Waals surface area contributed by atoms with Gasteiger partial charge in [-0.1, -0.05) is 17.7 Å². The molecule has 0 bridgehead atoms. The van der Waals surface area contributed by atoms with Crippen LogP contribution in [0.5, 0.6) is 0 Å². The van der Waals surface area contributed by atoms with Crippen molar-refractivity contribution in [2.75, 3.05) is 18.5 Å². The van der Waals surface area contributed by atoms with Gasteiger partial charge in [-0.2, -0.15) is 0 Å². The summed E-state index contributed by atoms with van der Waals surface area (Å²) in [5.74, 6) is -0.292. The highest BCUT2D eigenvalue weighted by Crippen LogP contribution is 2.23.